The van der Waals surface area contributed by atoms with Crippen molar-refractivity contribution in [1.29, 1.82) is 0 Å². The molecule has 2 aromatic rings. The molecule has 1 aliphatic heterocycles. The molecular weight excluding hydrogens is 246 g/mol. The van der Waals surface area contributed by atoms with Crippen molar-refractivity contribution in [3.8, 4) is 0 Å². The molecule has 4 nitrogen and oxygen atoms in total. The number of aromatic nitrogens is 2. The summed E-state index contributed by atoms with van der Waals surface area (Å²) in [5, 5.41) is 9.55. The number of piperidine rings is 1. The molecule has 0 aliphatic carbocycles. The van der Waals surface area contributed by atoms with Crippen LogP contribution in [0.25, 0.3) is 0 Å². The first kappa shape index (κ1) is 11.9. The number of nitrogens with one attached hydrogen (secondary N) is 1. The number of nitrogens with zero attached hydrogens (tertiary/aromatic N) is 2. The highest BCUT2D eigenvalue weighted by Gasteiger charge is 2.34. The lowest BCUT2D eigenvalue weighted by molar-refractivity contribution is 0.240. The van der Waals surface area contributed by atoms with E-state index in [1.54, 1.807) is 11.3 Å². The molecule has 5 heteroatoms. The standard InChI is InChI=1S/C13H17N3OS/c1-13(4-6-14-7-5-13)12-15-11(16-17-12)9-10-3-2-8-18-10/h2-3,8,14H,4-7,9H2,1H3. The third-order valence-electron chi connectivity index (χ3n) is 3.60. The van der Waals surface area contributed by atoms with Crippen molar-refractivity contribution in [2.24, 2.45) is 0 Å². The molecule has 0 spiro atoms. The summed E-state index contributed by atoms with van der Waals surface area (Å²) >= 11 is 1.73. The largest absolute Gasteiger partial charge is 0.339 e. The van der Waals surface area contributed by atoms with Crippen molar-refractivity contribution in [2.75, 3.05) is 13.1 Å². The van der Waals surface area contributed by atoms with Gasteiger partial charge in [-0.1, -0.05) is 18.1 Å². The summed E-state index contributed by atoms with van der Waals surface area (Å²) in [6.07, 6.45) is 2.90. The van der Waals surface area contributed by atoms with Crippen LogP contribution in [0.2, 0.25) is 0 Å². The van der Waals surface area contributed by atoms with E-state index in [4.69, 9.17) is 4.52 Å². The molecule has 18 heavy (non-hydrogen) atoms. The van der Waals surface area contributed by atoms with Gasteiger partial charge in [0, 0.05) is 16.7 Å². The Morgan fingerprint density at radius 3 is 3.00 bits per heavy atom. The van der Waals surface area contributed by atoms with Gasteiger partial charge in [0.05, 0.1) is 0 Å². The monoisotopic (exact) mass is 263 g/mol. The van der Waals surface area contributed by atoms with E-state index >= 15 is 0 Å². The van der Waals surface area contributed by atoms with Crippen LogP contribution in [0.3, 0.4) is 0 Å². The Morgan fingerprint density at radius 1 is 1.44 bits per heavy atom. The van der Waals surface area contributed by atoms with Gasteiger partial charge in [-0.05, 0) is 37.4 Å². The number of hydrogen-bond acceptors (Lipinski definition) is 5. The summed E-state index contributed by atoms with van der Waals surface area (Å²) in [6, 6.07) is 4.15. The predicted octanol–water partition coefficient (Wildman–Crippen LogP) is 2.36. The summed E-state index contributed by atoms with van der Waals surface area (Å²) in [6.45, 7) is 4.27. The molecule has 96 valence electrons. The quantitative estimate of drug-likeness (QED) is 0.923. The molecule has 3 heterocycles. The Kier molecular flexibility index (Phi) is 3.18. The molecule has 1 fully saturated rings. The van der Waals surface area contributed by atoms with Crippen LogP contribution in [0, 0.1) is 0 Å². The zero-order valence-corrected chi connectivity index (χ0v) is 11.3. The van der Waals surface area contributed by atoms with Gasteiger partial charge in [-0.25, -0.2) is 0 Å². The Balaban J connectivity index is 1.76. The zero-order chi connectivity index (χ0) is 12.4. The summed E-state index contributed by atoms with van der Waals surface area (Å²) in [4.78, 5) is 5.86. The topological polar surface area (TPSA) is 51.0 Å². The van der Waals surface area contributed by atoms with Crippen molar-refractivity contribution in [3.63, 3.8) is 0 Å². The smallest absolute Gasteiger partial charge is 0.232 e. The predicted molar refractivity (Wildman–Crippen MR) is 70.9 cm³/mol. The van der Waals surface area contributed by atoms with Crippen LogP contribution < -0.4 is 5.32 Å². The number of hydrogen-bond donors (Lipinski definition) is 1. The van der Waals surface area contributed by atoms with Crippen molar-refractivity contribution in [2.45, 2.75) is 31.6 Å². The highest BCUT2D eigenvalue weighted by molar-refractivity contribution is 7.09. The highest BCUT2D eigenvalue weighted by atomic mass is 32.1. The lowest BCUT2D eigenvalue weighted by atomic mass is 9.81. The summed E-state index contributed by atoms with van der Waals surface area (Å²) < 4.78 is 5.47. The van der Waals surface area contributed by atoms with E-state index in [-0.39, 0.29) is 5.41 Å². The molecule has 3 rings (SSSR count). The third kappa shape index (κ3) is 2.33. The van der Waals surface area contributed by atoms with Crippen LogP contribution in [-0.2, 0) is 11.8 Å². The Morgan fingerprint density at radius 2 is 2.28 bits per heavy atom. The van der Waals surface area contributed by atoms with Gasteiger partial charge in [-0.2, -0.15) is 4.98 Å². The first-order valence-corrected chi connectivity index (χ1v) is 7.20. The van der Waals surface area contributed by atoms with Crippen molar-refractivity contribution >= 4 is 11.3 Å². The average Bonchev–Trinajstić information content (AvgIpc) is 3.02. The van der Waals surface area contributed by atoms with E-state index in [1.807, 2.05) is 0 Å². The third-order valence-corrected chi connectivity index (χ3v) is 4.48. The van der Waals surface area contributed by atoms with Gasteiger partial charge in [0.15, 0.2) is 5.82 Å². The van der Waals surface area contributed by atoms with Crippen molar-refractivity contribution in [1.82, 2.24) is 15.5 Å². The second-order valence-electron chi connectivity index (χ2n) is 5.08. The molecule has 0 radical (unpaired) electrons. The van der Waals surface area contributed by atoms with Gasteiger partial charge in [0.2, 0.25) is 5.89 Å². The van der Waals surface area contributed by atoms with Crippen LogP contribution in [0.4, 0.5) is 0 Å². The minimum atomic E-state index is 0.0476. The second-order valence-corrected chi connectivity index (χ2v) is 6.11. The summed E-state index contributed by atoms with van der Waals surface area (Å²) in [5.41, 5.74) is 0.0476. The molecule has 0 saturated carbocycles. The first-order chi connectivity index (χ1) is 8.76. The molecule has 0 bridgehead atoms. The first-order valence-electron chi connectivity index (χ1n) is 6.32. The van der Waals surface area contributed by atoms with Crippen molar-refractivity contribution in [3.05, 3.63) is 34.1 Å². The Hall–Kier alpha value is -1.20. The maximum atomic E-state index is 5.47. The van der Waals surface area contributed by atoms with E-state index in [9.17, 15) is 0 Å². The minimum absolute atomic E-state index is 0.0476. The maximum Gasteiger partial charge on any atom is 0.232 e. The van der Waals surface area contributed by atoms with Crippen LogP contribution >= 0.6 is 11.3 Å². The molecule has 0 atom stereocenters. The van der Waals surface area contributed by atoms with Crippen LogP contribution in [0.5, 0.6) is 0 Å². The van der Waals surface area contributed by atoms with E-state index in [0.717, 1.165) is 44.1 Å². The fourth-order valence-electron chi connectivity index (χ4n) is 2.33. The minimum Gasteiger partial charge on any atom is -0.339 e. The van der Waals surface area contributed by atoms with Gasteiger partial charge in [0.1, 0.15) is 0 Å². The van der Waals surface area contributed by atoms with Crippen LogP contribution in [0.1, 0.15) is 36.4 Å². The number of rotatable bonds is 3. The van der Waals surface area contributed by atoms with Gasteiger partial charge in [-0.15, -0.1) is 11.3 Å². The van der Waals surface area contributed by atoms with Crippen LogP contribution in [0.15, 0.2) is 22.0 Å². The summed E-state index contributed by atoms with van der Waals surface area (Å²) in [7, 11) is 0. The molecular formula is C13H17N3OS. The maximum absolute atomic E-state index is 5.47. The normalized spacial score (nSPS) is 18.9. The average molecular weight is 263 g/mol. The van der Waals surface area contributed by atoms with Gasteiger partial charge in [-0.3, -0.25) is 0 Å². The van der Waals surface area contributed by atoms with Gasteiger partial charge < -0.3 is 9.84 Å². The van der Waals surface area contributed by atoms with Crippen LogP contribution in [-0.4, -0.2) is 23.2 Å². The number of thiophene rings is 1. The van der Waals surface area contributed by atoms with Gasteiger partial charge >= 0.3 is 0 Å². The lowest BCUT2D eigenvalue weighted by Crippen LogP contribution is -2.37. The van der Waals surface area contributed by atoms with E-state index < -0.39 is 0 Å². The molecule has 1 aliphatic rings. The lowest BCUT2D eigenvalue weighted by Gasteiger charge is -2.30. The second kappa shape index (κ2) is 4.82. The van der Waals surface area contributed by atoms with E-state index in [2.05, 4.69) is 39.9 Å². The molecule has 0 aromatic carbocycles. The SMILES string of the molecule is CC1(c2nc(Cc3cccs3)no2)CCNCC1. The fourth-order valence-corrected chi connectivity index (χ4v) is 3.03. The molecule has 0 amide bonds. The van der Waals surface area contributed by atoms with Gasteiger partial charge in [0.25, 0.3) is 0 Å². The molecule has 1 N–H and O–H groups in total. The Bertz CT molecular complexity index is 500. The molecule has 0 unspecified atom stereocenters. The summed E-state index contributed by atoms with van der Waals surface area (Å²) in [5.74, 6) is 1.60. The van der Waals surface area contributed by atoms with Crippen molar-refractivity contribution < 1.29 is 4.52 Å². The van der Waals surface area contributed by atoms with E-state index in [0.29, 0.717) is 0 Å². The molecule has 1 saturated heterocycles. The highest BCUT2D eigenvalue weighted by Crippen LogP contribution is 2.31. The zero-order valence-electron chi connectivity index (χ0n) is 10.5. The Labute approximate surface area is 110 Å². The van der Waals surface area contributed by atoms with E-state index in [1.165, 1.54) is 4.88 Å². The molecule has 2 aromatic heterocycles. The fraction of sp³-hybridized carbons (Fsp3) is 0.538.